The zero-order valence-electron chi connectivity index (χ0n) is 13.9. The van der Waals surface area contributed by atoms with Gasteiger partial charge in [-0.05, 0) is 18.2 Å². The highest BCUT2D eigenvalue weighted by molar-refractivity contribution is 8.02. The van der Waals surface area contributed by atoms with Crippen LogP contribution in [-0.4, -0.2) is 32.8 Å². The summed E-state index contributed by atoms with van der Waals surface area (Å²) < 4.78 is 0. The van der Waals surface area contributed by atoms with Crippen LogP contribution in [0.3, 0.4) is 0 Å². The number of hydrogen-bond donors (Lipinski definition) is 0. The molecule has 2 aliphatic rings. The summed E-state index contributed by atoms with van der Waals surface area (Å²) in [6.07, 6.45) is 0.276. The Bertz CT molecular complexity index is 1010. The quantitative estimate of drug-likeness (QED) is 0.562. The van der Waals surface area contributed by atoms with Gasteiger partial charge >= 0.3 is 0 Å². The monoisotopic (exact) mass is 400 g/mol. The lowest BCUT2D eigenvalue weighted by atomic mass is 10.2. The molecule has 1 amide bonds. The first-order valence-electron chi connectivity index (χ1n) is 8.11. The number of thioether (sulfide) groups is 1. The van der Waals surface area contributed by atoms with Gasteiger partial charge in [-0.3, -0.25) is 24.8 Å². The van der Waals surface area contributed by atoms with Gasteiger partial charge in [0.25, 0.3) is 5.69 Å². The van der Waals surface area contributed by atoms with Crippen molar-refractivity contribution >= 4 is 62.9 Å². The topological polar surface area (TPSA) is 88.2 Å². The number of rotatable bonds is 3. The minimum atomic E-state index is -0.485. The lowest BCUT2D eigenvalue weighted by Crippen LogP contribution is -2.38. The van der Waals surface area contributed by atoms with Crippen LogP contribution < -0.4 is 4.90 Å². The number of hydrogen-bond acceptors (Lipinski definition) is 6. The van der Waals surface area contributed by atoms with Crippen LogP contribution in [0.15, 0.2) is 58.5 Å². The summed E-state index contributed by atoms with van der Waals surface area (Å²) >= 11 is 7.66. The zero-order valence-corrected chi connectivity index (χ0v) is 15.5. The normalized spacial score (nSPS) is 19.2. The highest BCUT2D eigenvalue weighted by Crippen LogP contribution is 2.40. The van der Waals surface area contributed by atoms with Crippen LogP contribution in [0.2, 0.25) is 0 Å². The Morgan fingerprint density at radius 2 is 1.78 bits per heavy atom. The Morgan fingerprint density at radius 3 is 2.52 bits per heavy atom. The van der Waals surface area contributed by atoms with E-state index in [1.54, 1.807) is 18.2 Å². The van der Waals surface area contributed by atoms with E-state index in [2.05, 4.69) is 9.98 Å². The molecule has 1 atom stereocenters. The van der Waals surface area contributed by atoms with E-state index in [0.29, 0.717) is 22.3 Å². The van der Waals surface area contributed by atoms with Crippen molar-refractivity contribution in [3.05, 3.63) is 58.6 Å². The van der Waals surface area contributed by atoms with Crippen molar-refractivity contribution in [3.8, 4) is 0 Å². The minimum absolute atomic E-state index is 0.118. The molecule has 1 saturated heterocycles. The molecule has 0 aromatic heterocycles. The largest absolute Gasteiger partial charge is 0.293 e. The van der Waals surface area contributed by atoms with Crippen LogP contribution in [-0.2, 0) is 4.79 Å². The number of halogens is 1. The van der Waals surface area contributed by atoms with E-state index < -0.39 is 10.3 Å². The fraction of sp³-hybridized carbons (Fsp3) is 0.167. The summed E-state index contributed by atoms with van der Waals surface area (Å²) in [5.41, 5.74) is 2.10. The van der Waals surface area contributed by atoms with Crippen LogP contribution in [0.4, 0.5) is 22.7 Å². The number of aliphatic imine (C=N–C) groups is 2. The molecule has 9 heteroatoms. The van der Waals surface area contributed by atoms with Gasteiger partial charge in [0.1, 0.15) is 16.2 Å². The van der Waals surface area contributed by atoms with Crippen LogP contribution in [0, 0.1) is 10.1 Å². The molecule has 136 valence electrons. The Labute approximate surface area is 163 Å². The Kier molecular flexibility index (Phi) is 4.67. The van der Waals surface area contributed by atoms with Gasteiger partial charge in [0, 0.05) is 12.5 Å². The lowest BCUT2D eigenvalue weighted by Gasteiger charge is -2.24. The average molecular weight is 401 g/mol. The van der Waals surface area contributed by atoms with Crippen molar-refractivity contribution in [2.24, 2.45) is 9.98 Å². The first-order valence-corrected chi connectivity index (χ1v) is 9.54. The van der Waals surface area contributed by atoms with Crippen LogP contribution in [0.25, 0.3) is 0 Å². The third kappa shape index (κ3) is 3.33. The van der Waals surface area contributed by atoms with Crippen LogP contribution in [0.1, 0.15) is 6.42 Å². The Balaban J connectivity index is 1.80. The number of nitro benzene ring substituents is 1. The van der Waals surface area contributed by atoms with Gasteiger partial charge in [0.2, 0.25) is 5.91 Å². The minimum Gasteiger partial charge on any atom is -0.287 e. The molecule has 7 nitrogen and oxygen atoms in total. The van der Waals surface area contributed by atoms with Crippen LogP contribution in [0.5, 0.6) is 0 Å². The number of carbonyl (C=O) groups is 1. The van der Waals surface area contributed by atoms with Gasteiger partial charge < -0.3 is 0 Å². The molecule has 0 bridgehead atoms. The van der Waals surface area contributed by atoms with E-state index in [1.165, 1.54) is 22.7 Å². The first kappa shape index (κ1) is 17.7. The number of nitro groups is 1. The highest BCUT2D eigenvalue weighted by Gasteiger charge is 2.39. The van der Waals surface area contributed by atoms with E-state index in [-0.39, 0.29) is 29.5 Å². The zero-order chi connectivity index (χ0) is 19.0. The van der Waals surface area contributed by atoms with Crippen molar-refractivity contribution in [3.63, 3.8) is 0 Å². The molecule has 2 aromatic carbocycles. The molecule has 2 heterocycles. The number of anilines is 1. The van der Waals surface area contributed by atoms with Crippen molar-refractivity contribution in [1.82, 2.24) is 0 Å². The molecule has 2 aliphatic heterocycles. The highest BCUT2D eigenvalue weighted by atomic mass is 35.5. The molecule has 0 saturated carbocycles. The second kappa shape index (κ2) is 7.13. The van der Waals surface area contributed by atoms with Crippen molar-refractivity contribution < 1.29 is 9.72 Å². The molecular weight excluding hydrogens is 388 g/mol. The number of para-hydroxylation sites is 4. The van der Waals surface area contributed by atoms with E-state index >= 15 is 0 Å². The molecule has 2 aromatic rings. The number of benzene rings is 2. The molecular formula is C18H13ClN4O3S. The second-order valence-electron chi connectivity index (χ2n) is 5.93. The smallest absolute Gasteiger partial charge is 0.287 e. The summed E-state index contributed by atoms with van der Waals surface area (Å²) in [6, 6.07) is 13.6. The standard InChI is InChI=1S/C18H13ClN4O3S/c19-16-9-13(20-11-5-1-2-6-12(11)21-16)18-22(17(24)10-27-18)14-7-3-4-8-15(14)23(25)26/h1-8,18H,9-10H2. The van der Waals surface area contributed by atoms with E-state index in [9.17, 15) is 14.9 Å². The maximum absolute atomic E-state index is 12.6. The molecule has 0 radical (unpaired) electrons. The maximum atomic E-state index is 12.6. The SMILES string of the molecule is O=C1CSC(C2=Nc3ccccc3N=C(Cl)C2)N1c1ccccc1[N+](=O)[O-]. The Hall–Kier alpha value is -2.71. The van der Waals surface area contributed by atoms with E-state index in [4.69, 9.17) is 11.6 Å². The summed E-state index contributed by atoms with van der Waals surface area (Å²) in [4.78, 5) is 34.0. The van der Waals surface area contributed by atoms with Gasteiger partial charge in [-0.1, -0.05) is 35.9 Å². The number of nitrogens with zero attached hydrogens (tertiary/aromatic N) is 4. The number of fused-ring (bicyclic) bond motifs is 1. The van der Waals surface area contributed by atoms with Crippen molar-refractivity contribution in [2.75, 3.05) is 10.7 Å². The van der Waals surface area contributed by atoms with Gasteiger partial charge in [-0.2, -0.15) is 0 Å². The van der Waals surface area contributed by atoms with E-state index in [0.717, 1.165) is 0 Å². The molecule has 0 N–H and O–H groups in total. The van der Waals surface area contributed by atoms with Crippen molar-refractivity contribution in [2.45, 2.75) is 11.8 Å². The van der Waals surface area contributed by atoms with Gasteiger partial charge in [-0.15, -0.1) is 11.8 Å². The fourth-order valence-corrected chi connectivity index (χ4v) is 4.44. The third-order valence-electron chi connectivity index (χ3n) is 4.21. The Morgan fingerprint density at radius 1 is 1.11 bits per heavy atom. The lowest BCUT2D eigenvalue weighted by molar-refractivity contribution is -0.384. The molecule has 0 aliphatic carbocycles. The molecule has 27 heavy (non-hydrogen) atoms. The predicted octanol–water partition coefficient (Wildman–Crippen LogP) is 4.45. The number of amides is 1. The summed E-state index contributed by atoms with van der Waals surface area (Å²) in [6.45, 7) is 0. The maximum Gasteiger partial charge on any atom is 0.293 e. The van der Waals surface area contributed by atoms with Gasteiger partial charge in [0.15, 0.2) is 0 Å². The number of carbonyl (C=O) groups excluding carboxylic acids is 1. The molecule has 4 rings (SSSR count). The predicted molar refractivity (Wildman–Crippen MR) is 108 cm³/mol. The summed E-state index contributed by atoms with van der Waals surface area (Å²) in [5, 5.41) is 11.3. The summed E-state index contributed by atoms with van der Waals surface area (Å²) in [5.74, 6) is 0.0131. The first-order chi connectivity index (χ1) is 13.0. The third-order valence-corrected chi connectivity index (χ3v) is 5.64. The molecule has 0 spiro atoms. The molecule has 1 unspecified atom stereocenters. The fourth-order valence-electron chi connectivity index (χ4n) is 3.06. The van der Waals surface area contributed by atoms with Crippen LogP contribution >= 0.6 is 23.4 Å². The second-order valence-corrected chi connectivity index (χ2v) is 7.43. The van der Waals surface area contributed by atoms with E-state index in [1.807, 2.05) is 24.3 Å². The van der Waals surface area contributed by atoms with Crippen molar-refractivity contribution in [1.29, 1.82) is 0 Å². The molecule has 1 fully saturated rings. The van der Waals surface area contributed by atoms with Gasteiger partial charge in [0.05, 0.1) is 27.8 Å². The average Bonchev–Trinajstić information content (AvgIpc) is 2.94. The summed E-state index contributed by atoms with van der Waals surface area (Å²) in [7, 11) is 0. The van der Waals surface area contributed by atoms with Gasteiger partial charge in [-0.25, -0.2) is 4.99 Å².